The Morgan fingerprint density at radius 1 is 1.28 bits per heavy atom. The van der Waals surface area contributed by atoms with Crippen molar-refractivity contribution in [2.45, 2.75) is 24.8 Å². The summed E-state index contributed by atoms with van der Waals surface area (Å²) in [6.07, 6.45) is 3.10. The number of rotatable bonds is 0. The summed E-state index contributed by atoms with van der Waals surface area (Å²) in [5, 5.41) is 9.76. The molecular formula is C15H16N2O. The zero-order valence-corrected chi connectivity index (χ0v) is 10.4. The fourth-order valence-electron chi connectivity index (χ4n) is 4.18. The van der Waals surface area contributed by atoms with Gasteiger partial charge in [-0.2, -0.15) is 5.26 Å². The lowest BCUT2D eigenvalue weighted by Gasteiger charge is -2.49. The van der Waals surface area contributed by atoms with Gasteiger partial charge < -0.3 is 9.64 Å². The molecule has 0 unspecified atom stereocenters. The van der Waals surface area contributed by atoms with Crippen LogP contribution in [0.25, 0.3) is 0 Å². The summed E-state index contributed by atoms with van der Waals surface area (Å²) in [6.45, 7) is 2.37. The zero-order valence-electron chi connectivity index (χ0n) is 10.4. The molecule has 0 aliphatic carbocycles. The van der Waals surface area contributed by atoms with E-state index in [0.717, 1.165) is 26.0 Å². The van der Waals surface area contributed by atoms with Crippen molar-refractivity contribution >= 4 is 5.69 Å². The van der Waals surface area contributed by atoms with Gasteiger partial charge in [-0.25, -0.2) is 0 Å². The minimum Gasteiger partial charge on any atom is -0.377 e. The summed E-state index contributed by atoms with van der Waals surface area (Å²) in [4.78, 5) is 2.46. The third kappa shape index (κ3) is 0.991. The van der Waals surface area contributed by atoms with Gasteiger partial charge in [-0.3, -0.25) is 0 Å². The van der Waals surface area contributed by atoms with Crippen LogP contribution in [0.2, 0.25) is 0 Å². The first-order valence-electron chi connectivity index (χ1n) is 6.66. The van der Waals surface area contributed by atoms with Crippen LogP contribution in [0.5, 0.6) is 0 Å². The molecule has 2 saturated heterocycles. The average Bonchev–Trinajstić information content (AvgIpc) is 2.99. The number of nitriles is 1. The molecule has 0 N–H and O–H groups in total. The van der Waals surface area contributed by atoms with Gasteiger partial charge in [-0.05, 0) is 30.9 Å². The molecule has 2 fully saturated rings. The van der Waals surface area contributed by atoms with Crippen molar-refractivity contribution in [3.8, 4) is 6.07 Å². The lowest BCUT2D eigenvalue weighted by atomic mass is 9.65. The summed E-state index contributed by atoms with van der Waals surface area (Å²) in [6, 6.07) is 11.1. The molecule has 18 heavy (non-hydrogen) atoms. The van der Waals surface area contributed by atoms with Crippen LogP contribution in [0, 0.1) is 16.7 Å². The van der Waals surface area contributed by atoms with E-state index in [2.05, 4.69) is 35.2 Å². The molecule has 4 rings (SSSR count). The Labute approximate surface area is 107 Å². The molecule has 0 saturated carbocycles. The molecular weight excluding hydrogens is 224 g/mol. The molecule has 0 bridgehead atoms. The van der Waals surface area contributed by atoms with Gasteiger partial charge in [0.05, 0.1) is 24.8 Å². The number of benzene rings is 1. The molecule has 92 valence electrons. The number of para-hydroxylation sites is 1. The first kappa shape index (κ1) is 10.4. The molecule has 3 nitrogen and oxygen atoms in total. The summed E-state index contributed by atoms with van der Waals surface area (Å²) in [5.41, 5.74) is 2.24. The zero-order chi connectivity index (χ0) is 12.2. The lowest BCUT2D eigenvalue weighted by Crippen LogP contribution is -2.59. The van der Waals surface area contributed by atoms with Gasteiger partial charge in [-0.1, -0.05) is 18.2 Å². The predicted molar refractivity (Wildman–Crippen MR) is 68.3 cm³/mol. The maximum atomic E-state index is 9.76. The van der Waals surface area contributed by atoms with E-state index in [4.69, 9.17) is 4.74 Å². The van der Waals surface area contributed by atoms with Crippen LogP contribution in [0.15, 0.2) is 24.3 Å². The summed E-state index contributed by atoms with van der Waals surface area (Å²) >= 11 is 0. The van der Waals surface area contributed by atoms with Crippen LogP contribution in [-0.2, 0) is 11.2 Å². The standard InChI is InChI=1S/C15H16N2O/c16-9-14-8-12-4-1-2-5-13(12)17-7-3-6-15(14,17)11-18-10-14/h1-2,4-5H,3,6-8,10-11H2/t14-,15-/m0/s1. The van der Waals surface area contributed by atoms with Gasteiger partial charge in [0.1, 0.15) is 5.41 Å². The lowest BCUT2D eigenvalue weighted by molar-refractivity contribution is 0.171. The number of hydrogen-bond acceptors (Lipinski definition) is 3. The van der Waals surface area contributed by atoms with E-state index in [-0.39, 0.29) is 11.0 Å². The van der Waals surface area contributed by atoms with Crippen molar-refractivity contribution in [2.24, 2.45) is 5.41 Å². The van der Waals surface area contributed by atoms with Crippen molar-refractivity contribution in [3.63, 3.8) is 0 Å². The maximum absolute atomic E-state index is 9.76. The highest BCUT2D eigenvalue weighted by molar-refractivity contribution is 5.62. The maximum Gasteiger partial charge on any atom is 0.110 e. The largest absolute Gasteiger partial charge is 0.377 e. The molecule has 0 aromatic heterocycles. The Morgan fingerprint density at radius 2 is 2.17 bits per heavy atom. The van der Waals surface area contributed by atoms with Crippen molar-refractivity contribution in [1.29, 1.82) is 5.26 Å². The van der Waals surface area contributed by atoms with Crippen LogP contribution in [0.4, 0.5) is 5.69 Å². The van der Waals surface area contributed by atoms with E-state index in [1.807, 2.05) is 0 Å². The van der Waals surface area contributed by atoms with Crippen LogP contribution in [0.1, 0.15) is 18.4 Å². The molecule has 0 radical (unpaired) electrons. The summed E-state index contributed by atoms with van der Waals surface area (Å²) in [7, 11) is 0. The molecule has 3 aliphatic heterocycles. The van der Waals surface area contributed by atoms with Crippen molar-refractivity contribution in [2.75, 3.05) is 24.7 Å². The Morgan fingerprint density at radius 3 is 3.06 bits per heavy atom. The quantitative estimate of drug-likeness (QED) is 0.697. The highest BCUT2D eigenvalue weighted by Gasteiger charge is 2.63. The third-order valence-corrected chi connectivity index (χ3v) is 5.06. The Hall–Kier alpha value is -1.53. The van der Waals surface area contributed by atoms with Gasteiger partial charge in [0.25, 0.3) is 0 Å². The van der Waals surface area contributed by atoms with Crippen LogP contribution in [0.3, 0.4) is 0 Å². The number of hydrogen-bond donors (Lipinski definition) is 0. The van der Waals surface area contributed by atoms with E-state index in [0.29, 0.717) is 6.61 Å². The molecule has 1 aromatic rings. The molecule has 2 atom stereocenters. The Kier molecular flexibility index (Phi) is 1.89. The normalized spacial score (nSPS) is 36.7. The van der Waals surface area contributed by atoms with E-state index < -0.39 is 0 Å². The molecule has 0 amide bonds. The number of anilines is 1. The predicted octanol–water partition coefficient (Wildman–Crippen LogP) is 2.12. The second-order valence-electron chi connectivity index (χ2n) is 5.78. The molecule has 1 aromatic carbocycles. The minimum atomic E-state index is -0.335. The average molecular weight is 240 g/mol. The van der Waals surface area contributed by atoms with E-state index in [1.165, 1.54) is 17.7 Å². The SMILES string of the molecule is N#C[C@@]12COC[C@@]13CCCN3c1ccccc1C2. The van der Waals surface area contributed by atoms with Crippen molar-refractivity contribution in [3.05, 3.63) is 29.8 Å². The van der Waals surface area contributed by atoms with Crippen LogP contribution < -0.4 is 4.90 Å². The Balaban J connectivity index is 1.97. The van der Waals surface area contributed by atoms with Gasteiger partial charge in [0, 0.05) is 12.2 Å². The van der Waals surface area contributed by atoms with Gasteiger partial charge >= 0.3 is 0 Å². The van der Waals surface area contributed by atoms with Crippen LogP contribution >= 0.6 is 0 Å². The highest BCUT2D eigenvalue weighted by Crippen LogP contribution is 2.55. The molecule has 1 spiro atoms. The van der Waals surface area contributed by atoms with Gasteiger partial charge in [0.15, 0.2) is 0 Å². The summed E-state index contributed by atoms with van der Waals surface area (Å²) in [5.74, 6) is 0. The van der Waals surface area contributed by atoms with Gasteiger partial charge in [0.2, 0.25) is 0 Å². The van der Waals surface area contributed by atoms with E-state index in [9.17, 15) is 5.26 Å². The monoisotopic (exact) mass is 240 g/mol. The topological polar surface area (TPSA) is 36.3 Å². The van der Waals surface area contributed by atoms with E-state index >= 15 is 0 Å². The first-order chi connectivity index (χ1) is 8.81. The molecule has 3 heterocycles. The van der Waals surface area contributed by atoms with Gasteiger partial charge in [-0.15, -0.1) is 0 Å². The first-order valence-corrected chi connectivity index (χ1v) is 6.66. The van der Waals surface area contributed by atoms with Crippen molar-refractivity contribution < 1.29 is 4.74 Å². The van der Waals surface area contributed by atoms with Crippen molar-refractivity contribution in [1.82, 2.24) is 0 Å². The Bertz CT molecular complexity index is 546. The second-order valence-corrected chi connectivity index (χ2v) is 5.78. The smallest absolute Gasteiger partial charge is 0.110 e. The van der Waals surface area contributed by atoms with E-state index in [1.54, 1.807) is 0 Å². The molecule has 3 aliphatic rings. The fourth-order valence-corrected chi connectivity index (χ4v) is 4.18. The number of nitrogens with zero attached hydrogens (tertiary/aromatic N) is 2. The second kappa shape index (κ2) is 3.27. The fraction of sp³-hybridized carbons (Fsp3) is 0.533. The summed E-state index contributed by atoms with van der Waals surface area (Å²) < 4.78 is 5.76. The third-order valence-electron chi connectivity index (χ3n) is 5.06. The number of ether oxygens (including phenoxy) is 1. The number of fused-ring (bicyclic) bond motifs is 2. The molecule has 3 heteroatoms. The highest BCUT2D eigenvalue weighted by atomic mass is 16.5. The minimum absolute atomic E-state index is 0.0594. The van der Waals surface area contributed by atoms with Crippen LogP contribution in [-0.4, -0.2) is 25.3 Å².